The number of methoxy groups -OCH3 is 1. The lowest BCUT2D eigenvalue weighted by molar-refractivity contribution is -0.0140. The number of ether oxygens (including phenoxy) is 1. The summed E-state index contributed by atoms with van der Waals surface area (Å²) in [4.78, 5) is 0. The smallest absolute Gasteiger partial charge is 0.0824 e. The minimum Gasteiger partial charge on any atom is -0.390 e. The third-order valence-corrected chi connectivity index (χ3v) is 2.14. The number of aliphatic hydroxyl groups is 1. The number of aliphatic hydroxyl groups excluding tert-OH is 1. The monoisotopic (exact) mass is 146 g/mol. The van der Waals surface area contributed by atoms with Crippen molar-refractivity contribution in [3.8, 4) is 0 Å². The molecule has 0 rings (SSSR count). The third kappa shape index (κ3) is 2.67. The summed E-state index contributed by atoms with van der Waals surface area (Å²) >= 11 is 0. The fourth-order valence-corrected chi connectivity index (χ4v) is 0.619. The van der Waals surface area contributed by atoms with E-state index < -0.39 is 0 Å². The van der Waals surface area contributed by atoms with Crippen molar-refractivity contribution in [2.75, 3.05) is 13.7 Å². The van der Waals surface area contributed by atoms with Crippen molar-refractivity contribution in [2.24, 2.45) is 5.41 Å². The van der Waals surface area contributed by atoms with Crippen LogP contribution in [0.25, 0.3) is 0 Å². The largest absolute Gasteiger partial charge is 0.390 e. The van der Waals surface area contributed by atoms with Gasteiger partial charge in [0.2, 0.25) is 0 Å². The van der Waals surface area contributed by atoms with Gasteiger partial charge in [0.25, 0.3) is 0 Å². The lowest BCUT2D eigenvalue weighted by Crippen LogP contribution is -2.32. The molecule has 0 aromatic rings. The molecule has 0 aliphatic carbocycles. The molecule has 2 heteroatoms. The highest BCUT2D eigenvalue weighted by Gasteiger charge is 2.24. The van der Waals surface area contributed by atoms with E-state index in [9.17, 15) is 5.11 Å². The Bertz CT molecular complexity index is 89.3. The topological polar surface area (TPSA) is 29.5 Å². The van der Waals surface area contributed by atoms with Crippen LogP contribution in [-0.4, -0.2) is 24.9 Å². The first-order valence-corrected chi connectivity index (χ1v) is 3.71. The van der Waals surface area contributed by atoms with Crippen LogP contribution in [0.5, 0.6) is 0 Å². The van der Waals surface area contributed by atoms with Gasteiger partial charge in [0.1, 0.15) is 0 Å². The molecule has 0 spiro atoms. The Morgan fingerprint density at radius 3 is 2.30 bits per heavy atom. The second kappa shape index (κ2) is 3.94. The molecule has 1 N–H and O–H groups in total. The fourth-order valence-electron chi connectivity index (χ4n) is 0.619. The first-order chi connectivity index (χ1) is 4.54. The maximum Gasteiger partial charge on any atom is 0.0824 e. The van der Waals surface area contributed by atoms with E-state index in [0.29, 0.717) is 6.61 Å². The molecule has 0 aromatic heterocycles. The van der Waals surface area contributed by atoms with E-state index in [1.807, 2.05) is 13.8 Å². The lowest BCUT2D eigenvalue weighted by atomic mass is 9.84. The average Bonchev–Trinajstić information content (AvgIpc) is 1.89. The maximum atomic E-state index is 9.45. The predicted molar refractivity (Wildman–Crippen MR) is 42.0 cm³/mol. The van der Waals surface area contributed by atoms with Gasteiger partial charge in [-0.3, -0.25) is 0 Å². The summed E-state index contributed by atoms with van der Waals surface area (Å²) in [5.74, 6) is 0. The van der Waals surface area contributed by atoms with E-state index in [-0.39, 0.29) is 11.5 Å². The van der Waals surface area contributed by atoms with Crippen molar-refractivity contribution in [3.05, 3.63) is 0 Å². The first kappa shape index (κ1) is 9.92. The molecular formula is C8H18O2. The van der Waals surface area contributed by atoms with Crippen LogP contribution in [0.15, 0.2) is 0 Å². The van der Waals surface area contributed by atoms with Crippen LogP contribution in [0.4, 0.5) is 0 Å². The normalized spacial score (nSPS) is 15.3. The third-order valence-electron chi connectivity index (χ3n) is 2.14. The van der Waals surface area contributed by atoms with Crippen molar-refractivity contribution < 1.29 is 9.84 Å². The number of hydrogen-bond donors (Lipinski definition) is 1. The minimum atomic E-state index is -0.345. The summed E-state index contributed by atoms with van der Waals surface area (Å²) in [6.45, 7) is 6.58. The van der Waals surface area contributed by atoms with Gasteiger partial charge >= 0.3 is 0 Å². The molecule has 10 heavy (non-hydrogen) atoms. The van der Waals surface area contributed by atoms with E-state index in [2.05, 4.69) is 6.92 Å². The molecule has 1 atom stereocenters. The van der Waals surface area contributed by atoms with Gasteiger partial charge in [0.15, 0.2) is 0 Å². The molecule has 0 bridgehead atoms. The quantitative estimate of drug-likeness (QED) is 0.650. The molecular weight excluding hydrogens is 128 g/mol. The van der Waals surface area contributed by atoms with Gasteiger partial charge in [0, 0.05) is 7.11 Å². The zero-order valence-corrected chi connectivity index (χ0v) is 7.35. The molecule has 0 saturated heterocycles. The molecule has 0 amide bonds. The van der Waals surface area contributed by atoms with Gasteiger partial charge in [-0.25, -0.2) is 0 Å². The summed E-state index contributed by atoms with van der Waals surface area (Å²) in [5.41, 5.74) is -0.0178. The summed E-state index contributed by atoms with van der Waals surface area (Å²) in [6.07, 6.45) is 0.625. The zero-order valence-electron chi connectivity index (χ0n) is 7.35. The predicted octanol–water partition coefficient (Wildman–Crippen LogP) is 1.43. The van der Waals surface area contributed by atoms with Crippen LogP contribution in [0.3, 0.4) is 0 Å². The Morgan fingerprint density at radius 2 is 2.00 bits per heavy atom. The SMILES string of the molecule is CCC(C)(C)C(O)COC. The highest BCUT2D eigenvalue weighted by molar-refractivity contribution is 4.75. The lowest BCUT2D eigenvalue weighted by Gasteiger charge is -2.28. The second-order valence-corrected chi connectivity index (χ2v) is 3.31. The minimum absolute atomic E-state index is 0.0178. The summed E-state index contributed by atoms with van der Waals surface area (Å²) < 4.78 is 4.84. The van der Waals surface area contributed by atoms with Crippen LogP contribution in [0.2, 0.25) is 0 Å². The van der Waals surface area contributed by atoms with E-state index in [1.165, 1.54) is 0 Å². The van der Waals surface area contributed by atoms with E-state index >= 15 is 0 Å². The Labute approximate surface area is 63.2 Å². The Balaban J connectivity index is 3.78. The van der Waals surface area contributed by atoms with Crippen LogP contribution in [-0.2, 0) is 4.74 Å². The molecule has 2 nitrogen and oxygen atoms in total. The van der Waals surface area contributed by atoms with Gasteiger partial charge in [-0.15, -0.1) is 0 Å². The Kier molecular flexibility index (Phi) is 3.91. The van der Waals surface area contributed by atoms with Crippen molar-refractivity contribution in [1.82, 2.24) is 0 Å². The Morgan fingerprint density at radius 1 is 1.50 bits per heavy atom. The zero-order chi connectivity index (χ0) is 8.20. The molecule has 0 radical (unpaired) electrons. The molecule has 1 unspecified atom stereocenters. The highest BCUT2D eigenvalue weighted by Crippen LogP contribution is 2.24. The van der Waals surface area contributed by atoms with E-state index in [0.717, 1.165) is 6.42 Å². The van der Waals surface area contributed by atoms with Crippen molar-refractivity contribution in [3.63, 3.8) is 0 Å². The number of rotatable bonds is 4. The molecule has 62 valence electrons. The first-order valence-electron chi connectivity index (χ1n) is 3.71. The molecule has 0 fully saturated rings. The fraction of sp³-hybridized carbons (Fsp3) is 1.00. The van der Waals surface area contributed by atoms with Gasteiger partial charge in [-0.1, -0.05) is 20.8 Å². The maximum absolute atomic E-state index is 9.45. The van der Waals surface area contributed by atoms with Gasteiger partial charge < -0.3 is 9.84 Å². The highest BCUT2D eigenvalue weighted by atomic mass is 16.5. The molecule has 0 heterocycles. The van der Waals surface area contributed by atoms with Crippen LogP contribution >= 0.6 is 0 Å². The molecule has 0 saturated carbocycles. The van der Waals surface area contributed by atoms with Crippen LogP contribution < -0.4 is 0 Å². The van der Waals surface area contributed by atoms with Gasteiger partial charge in [-0.2, -0.15) is 0 Å². The van der Waals surface area contributed by atoms with Crippen molar-refractivity contribution >= 4 is 0 Å². The standard InChI is InChI=1S/C8H18O2/c1-5-8(2,3)7(9)6-10-4/h7,9H,5-6H2,1-4H3. The summed E-state index contributed by atoms with van der Waals surface area (Å²) in [6, 6.07) is 0. The number of hydrogen-bond acceptors (Lipinski definition) is 2. The van der Waals surface area contributed by atoms with Gasteiger partial charge in [-0.05, 0) is 11.8 Å². The average molecular weight is 146 g/mol. The molecule has 0 aliphatic rings. The summed E-state index contributed by atoms with van der Waals surface area (Å²) in [7, 11) is 1.61. The molecule has 0 aromatic carbocycles. The molecule has 0 aliphatic heterocycles. The van der Waals surface area contributed by atoms with Gasteiger partial charge in [0.05, 0.1) is 12.7 Å². The van der Waals surface area contributed by atoms with Crippen LogP contribution in [0, 0.1) is 5.41 Å². The van der Waals surface area contributed by atoms with Crippen LogP contribution in [0.1, 0.15) is 27.2 Å². The van der Waals surface area contributed by atoms with E-state index in [4.69, 9.17) is 4.74 Å². The van der Waals surface area contributed by atoms with E-state index in [1.54, 1.807) is 7.11 Å². The summed E-state index contributed by atoms with van der Waals surface area (Å²) in [5, 5.41) is 9.45. The van der Waals surface area contributed by atoms with Crippen molar-refractivity contribution in [1.29, 1.82) is 0 Å². The van der Waals surface area contributed by atoms with Crippen molar-refractivity contribution in [2.45, 2.75) is 33.3 Å². The second-order valence-electron chi connectivity index (χ2n) is 3.31. The Hall–Kier alpha value is -0.0800.